The number of hydrogen-bond acceptors (Lipinski definition) is 4. The molecule has 0 saturated heterocycles. The van der Waals surface area contributed by atoms with E-state index in [0.717, 1.165) is 21.5 Å². The SMILES string of the molecule is Cc1sc(Br)cc1S(=O)(=O)NC(CN)C1CCCC1. The van der Waals surface area contributed by atoms with Gasteiger partial charge in [-0.15, -0.1) is 11.3 Å². The number of rotatable bonds is 5. The van der Waals surface area contributed by atoms with Crippen LogP contribution in [0.2, 0.25) is 0 Å². The second-order valence-electron chi connectivity index (χ2n) is 4.98. The van der Waals surface area contributed by atoms with Gasteiger partial charge >= 0.3 is 0 Å². The van der Waals surface area contributed by atoms with Crippen LogP contribution < -0.4 is 10.5 Å². The Morgan fingerprint density at radius 3 is 2.63 bits per heavy atom. The van der Waals surface area contributed by atoms with E-state index >= 15 is 0 Å². The van der Waals surface area contributed by atoms with Crippen molar-refractivity contribution in [1.82, 2.24) is 4.72 Å². The summed E-state index contributed by atoms with van der Waals surface area (Å²) in [7, 11) is -3.47. The molecule has 2 rings (SSSR count). The average molecular weight is 367 g/mol. The van der Waals surface area contributed by atoms with E-state index in [4.69, 9.17) is 5.73 Å². The van der Waals surface area contributed by atoms with Gasteiger partial charge in [0.25, 0.3) is 0 Å². The molecule has 1 aliphatic carbocycles. The number of sulfonamides is 1. The van der Waals surface area contributed by atoms with Crippen molar-refractivity contribution in [2.75, 3.05) is 6.54 Å². The summed E-state index contributed by atoms with van der Waals surface area (Å²) in [5.74, 6) is 0.377. The summed E-state index contributed by atoms with van der Waals surface area (Å²) in [5.41, 5.74) is 5.75. The van der Waals surface area contributed by atoms with Crippen LogP contribution >= 0.6 is 27.3 Å². The van der Waals surface area contributed by atoms with Crippen LogP contribution in [0.15, 0.2) is 14.7 Å². The standard InChI is InChI=1S/C12H19BrN2O2S2/c1-8-11(6-12(13)18-8)19(16,17)15-10(7-14)9-4-2-3-5-9/h6,9-10,15H,2-5,7,14H2,1H3. The quantitative estimate of drug-likeness (QED) is 0.840. The Hall–Kier alpha value is 0.0500. The van der Waals surface area contributed by atoms with E-state index in [1.54, 1.807) is 6.07 Å². The third-order valence-electron chi connectivity index (χ3n) is 3.66. The minimum absolute atomic E-state index is 0.148. The summed E-state index contributed by atoms with van der Waals surface area (Å²) in [4.78, 5) is 1.15. The van der Waals surface area contributed by atoms with Crippen molar-refractivity contribution < 1.29 is 8.42 Å². The zero-order valence-electron chi connectivity index (χ0n) is 10.9. The number of nitrogens with two attached hydrogens (primary N) is 1. The fourth-order valence-electron chi connectivity index (χ4n) is 2.66. The molecule has 0 radical (unpaired) electrons. The van der Waals surface area contributed by atoms with Gasteiger partial charge in [-0.2, -0.15) is 0 Å². The molecule has 0 aliphatic heterocycles. The molecule has 19 heavy (non-hydrogen) atoms. The molecule has 0 spiro atoms. The summed E-state index contributed by atoms with van der Waals surface area (Å²) in [6.45, 7) is 2.17. The zero-order valence-corrected chi connectivity index (χ0v) is 14.1. The predicted octanol–water partition coefficient (Wildman–Crippen LogP) is 2.61. The Kier molecular flexibility index (Phi) is 5.05. The van der Waals surface area contributed by atoms with Gasteiger partial charge in [-0.05, 0) is 47.7 Å². The topological polar surface area (TPSA) is 72.2 Å². The molecule has 1 heterocycles. The summed E-state index contributed by atoms with van der Waals surface area (Å²) >= 11 is 4.76. The van der Waals surface area contributed by atoms with Gasteiger partial charge in [0.2, 0.25) is 10.0 Å². The van der Waals surface area contributed by atoms with Crippen LogP contribution in [0.5, 0.6) is 0 Å². The van der Waals surface area contributed by atoms with Crippen molar-refractivity contribution in [3.63, 3.8) is 0 Å². The van der Waals surface area contributed by atoms with Crippen LogP contribution in [0.1, 0.15) is 30.6 Å². The van der Waals surface area contributed by atoms with Crippen LogP contribution in [0.3, 0.4) is 0 Å². The third kappa shape index (κ3) is 3.58. The molecule has 1 aliphatic rings. The first-order valence-electron chi connectivity index (χ1n) is 6.42. The highest BCUT2D eigenvalue weighted by Gasteiger charge is 2.29. The lowest BCUT2D eigenvalue weighted by molar-refractivity contribution is 0.405. The minimum Gasteiger partial charge on any atom is -0.329 e. The second kappa shape index (κ2) is 6.22. The normalized spacial score (nSPS) is 18.9. The molecule has 7 heteroatoms. The molecule has 3 N–H and O–H groups in total. The van der Waals surface area contributed by atoms with E-state index in [0.29, 0.717) is 17.4 Å². The maximum atomic E-state index is 12.4. The first-order chi connectivity index (χ1) is 8.94. The first-order valence-corrected chi connectivity index (χ1v) is 9.51. The zero-order chi connectivity index (χ0) is 14.0. The van der Waals surface area contributed by atoms with Crippen molar-refractivity contribution >= 4 is 37.3 Å². The number of halogens is 1. The Balaban J connectivity index is 2.17. The number of nitrogens with one attached hydrogen (secondary N) is 1. The van der Waals surface area contributed by atoms with Crippen molar-refractivity contribution in [3.05, 3.63) is 14.7 Å². The van der Waals surface area contributed by atoms with Gasteiger partial charge in [-0.3, -0.25) is 0 Å². The van der Waals surface area contributed by atoms with Crippen molar-refractivity contribution in [3.8, 4) is 0 Å². The van der Waals surface area contributed by atoms with Crippen molar-refractivity contribution in [2.45, 2.75) is 43.5 Å². The highest BCUT2D eigenvalue weighted by atomic mass is 79.9. The first kappa shape index (κ1) is 15.4. The highest BCUT2D eigenvalue weighted by molar-refractivity contribution is 9.11. The summed E-state index contributed by atoms with van der Waals surface area (Å²) in [5, 5.41) is 0. The molecular formula is C12H19BrN2O2S2. The monoisotopic (exact) mass is 366 g/mol. The van der Waals surface area contributed by atoms with Gasteiger partial charge in [0.05, 0.1) is 8.68 Å². The lowest BCUT2D eigenvalue weighted by atomic mass is 9.99. The minimum atomic E-state index is -3.47. The lowest BCUT2D eigenvalue weighted by Gasteiger charge is -2.22. The van der Waals surface area contributed by atoms with E-state index in [1.807, 2.05) is 6.92 Å². The van der Waals surface area contributed by atoms with Gasteiger partial charge < -0.3 is 5.73 Å². The summed E-state index contributed by atoms with van der Waals surface area (Å²) in [6, 6.07) is 1.51. The molecule has 1 atom stereocenters. The average Bonchev–Trinajstić information content (AvgIpc) is 2.96. The van der Waals surface area contributed by atoms with E-state index in [2.05, 4.69) is 20.7 Å². The molecule has 0 aromatic carbocycles. The fraction of sp³-hybridized carbons (Fsp3) is 0.667. The van der Waals surface area contributed by atoms with E-state index in [1.165, 1.54) is 24.2 Å². The van der Waals surface area contributed by atoms with Crippen molar-refractivity contribution in [2.24, 2.45) is 11.7 Å². The number of thiophene rings is 1. The van der Waals surface area contributed by atoms with Crippen molar-refractivity contribution in [1.29, 1.82) is 0 Å². The highest BCUT2D eigenvalue weighted by Crippen LogP contribution is 2.31. The second-order valence-corrected chi connectivity index (χ2v) is 9.30. The predicted molar refractivity (Wildman–Crippen MR) is 81.9 cm³/mol. The van der Waals surface area contributed by atoms with E-state index in [-0.39, 0.29) is 6.04 Å². The van der Waals surface area contributed by atoms with Gasteiger partial charge in [0, 0.05) is 17.5 Å². The van der Waals surface area contributed by atoms with Gasteiger partial charge in [0.1, 0.15) is 0 Å². The molecule has 1 aromatic heterocycles. The van der Waals surface area contributed by atoms with Crippen LogP contribution in [0, 0.1) is 12.8 Å². The molecular weight excluding hydrogens is 348 g/mol. The Bertz CT molecular complexity index is 536. The van der Waals surface area contributed by atoms with Gasteiger partial charge in [-0.1, -0.05) is 12.8 Å². The maximum absolute atomic E-state index is 12.4. The Morgan fingerprint density at radius 2 is 2.16 bits per heavy atom. The number of hydrogen-bond donors (Lipinski definition) is 2. The Labute approximate surface area is 127 Å². The third-order valence-corrected chi connectivity index (χ3v) is 6.96. The molecule has 1 saturated carbocycles. The van der Waals surface area contributed by atoms with Crippen LogP contribution in [0.25, 0.3) is 0 Å². The van der Waals surface area contributed by atoms with E-state index in [9.17, 15) is 8.42 Å². The summed E-state index contributed by atoms with van der Waals surface area (Å²) in [6.07, 6.45) is 4.48. The Morgan fingerprint density at radius 1 is 1.53 bits per heavy atom. The summed E-state index contributed by atoms with van der Waals surface area (Å²) < 4.78 is 28.4. The van der Waals surface area contributed by atoms with E-state index < -0.39 is 10.0 Å². The van der Waals surface area contributed by atoms with Gasteiger partial charge in [0.15, 0.2) is 0 Å². The molecule has 1 fully saturated rings. The van der Waals surface area contributed by atoms with Crippen LogP contribution in [-0.2, 0) is 10.0 Å². The molecule has 4 nitrogen and oxygen atoms in total. The van der Waals surface area contributed by atoms with Crippen LogP contribution in [-0.4, -0.2) is 21.0 Å². The fourth-order valence-corrected chi connectivity index (χ4v) is 6.39. The lowest BCUT2D eigenvalue weighted by Crippen LogP contribution is -2.44. The largest absolute Gasteiger partial charge is 0.329 e. The van der Waals surface area contributed by atoms with Gasteiger partial charge in [-0.25, -0.2) is 13.1 Å². The molecule has 1 unspecified atom stereocenters. The number of aryl methyl sites for hydroxylation is 1. The van der Waals surface area contributed by atoms with Crippen LogP contribution in [0.4, 0.5) is 0 Å². The smallest absolute Gasteiger partial charge is 0.242 e. The molecule has 108 valence electrons. The maximum Gasteiger partial charge on any atom is 0.242 e. The molecule has 1 aromatic rings. The molecule has 0 bridgehead atoms. The molecule has 0 amide bonds.